The van der Waals surface area contributed by atoms with Gasteiger partial charge in [-0.15, -0.1) is 9.24 Å². The Morgan fingerprint density at radius 3 is 1.50 bits per heavy atom. The van der Waals surface area contributed by atoms with Gasteiger partial charge in [0.15, 0.2) is 0 Å². The Kier molecular flexibility index (Phi) is 3.88. The van der Waals surface area contributed by atoms with Crippen molar-refractivity contribution < 1.29 is 0 Å². The molecule has 0 nitrogen and oxygen atoms in total. The summed E-state index contributed by atoms with van der Waals surface area (Å²) in [5.74, 6) is 1.41. The van der Waals surface area contributed by atoms with Crippen LogP contribution in [0.15, 0.2) is 0 Å². The monoisotopic (exact) mass is 159 g/mol. The van der Waals surface area contributed by atoms with Crippen LogP contribution in [-0.4, -0.2) is 5.16 Å². The molecule has 61 valence electrons. The van der Waals surface area contributed by atoms with E-state index < -0.39 is 0 Å². The van der Waals surface area contributed by atoms with Crippen LogP contribution in [-0.2, 0) is 0 Å². The second-order valence-electron chi connectivity index (χ2n) is 3.67. The van der Waals surface area contributed by atoms with Crippen LogP contribution in [0.1, 0.15) is 34.1 Å². The molecule has 0 spiro atoms. The van der Waals surface area contributed by atoms with Crippen LogP contribution in [0.25, 0.3) is 0 Å². The van der Waals surface area contributed by atoms with Crippen LogP contribution in [0.4, 0.5) is 0 Å². The summed E-state index contributed by atoms with van der Waals surface area (Å²) in [7, 11) is 2.96. The van der Waals surface area contributed by atoms with Crippen LogP contribution in [0.2, 0.25) is 0 Å². The molecule has 0 rings (SSSR count). The first-order chi connectivity index (χ1) is 4.45. The molecule has 0 amide bonds. The van der Waals surface area contributed by atoms with Crippen molar-refractivity contribution in [2.45, 2.75) is 39.3 Å². The molecule has 0 saturated carbocycles. The first-order valence-corrected chi connectivity index (χ1v) is 4.61. The second-order valence-corrected chi connectivity index (χ2v) is 4.75. The third-order valence-electron chi connectivity index (χ3n) is 2.58. The lowest BCUT2D eigenvalue weighted by molar-refractivity contribution is 0.335. The van der Waals surface area contributed by atoms with Crippen molar-refractivity contribution in [2.75, 3.05) is 0 Å². The van der Waals surface area contributed by atoms with Gasteiger partial charge in [-0.05, 0) is 23.4 Å². The Hall–Kier alpha value is 0.430. The van der Waals surface area contributed by atoms with Crippen LogP contribution < -0.4 is 0 Å². The maximum atomic E-state index is 3.98. The standard InChI is InChI=1S/C9H20P/c1-6-9(10,7(2)3)8(4)5/h7-8H,1,6,10H2,2-5H3. The Bertz CT molecular complexity index is 86.9. The zero-order valence-electron chi connectivity index (χ0n) is 7.65. The van der Waals surface area contributed by atoms with E-state index in [2.05, 4.69) is 43.9 Å². The highest BCUT2D eigenvalue weighted by molar-refractivity contribution is 7.19. The van der Waals surface area contributed by atoms with Crippen molar-refractivity contribution >= 4 is 9.24 Å². The summed E-state index contributed by atoms with van der Waals surface area (Å²) in [4.78, 5) is 0. The van der Waals surface area contributed by atoms with Gasteiger partial charge in [0, 0.05) is 0 Å². The lowest BCUT2D eigenvalue weighted by Crippen LogP contribution is -2.32. The van der Waals surface area contributed by atoms with Crippen molar-refractivity contribution in [2.24, 2.45) is 11.8 Å². The molecule has 0 aromatic carbocycles. The van der Waals surface area contributed by atoms with Gasteiger partial charge >= 0.3 is 0 Å². The number of hydrogen-bond acceptors (Lipinski definition) is 0. The normalized spacial score (nSPS) is 13.2. The second kappa shape index (κ2) is 3.72. The van der Waals surface area contributed by atoms with Gasteiger partial charge in [-0.3, -0.25) is 0 Å². The SMILES string of the molecule is [CH2]CC(P)(C(C)C)C(C)C. The molecule has 10 heavy (non-hydrogen) atoms. The lowest BCUT2D eigenvalue weighted by Gasteiger charge is -2.36. The van der Waals surface area contributed by atoms with Gasteiger partial charge < -0.3 is 0 Å². The highest BCUT2D eigenvalue weighted by Crippen LogP contribution is 2.38. The summed E-state index contributed by atoms with van der Waals surface area (Å²) in [5, 5.41) is 0.347. The van der Waals surface area contributed by atoms with Gasteiger partial charge in [0.25, 0.3) is 0 Å². The third-order valence-corrected chi connectivity index (χ3v) is 4.20. The van der Waals surface area contributed by atoms with Gasteiger partial charge in [-0.1, -0.05) is 34.6 Å². The Balaban J connectivity index is 4.23. The number of hydrogen-bond donors (Lipinski definition) is 0. The van der Waals surface area contributed by atoms with Crippen LogP contribution in [0, 0.1) is 18.8 Å². The van der Waals surface area contributed by atoms with E-state index in [-0.39, 0.29) is 0 Å². The van der Waals surface area contributed by atoms with Gasteiger partial charge in [-0.2, -0.15) is 0 Å². The van der Waals surface area contributed by atoms with Gasteiger partial charge in [0.05, 0.1) is 0 Å². The summed E-state index contributed by atoms with van der Waals surface area (Å²) in [6.45, 7) is 13.0. The van der Waals surface area contributed by atoms with Gasteiger partial charge in [0.2, 0.25) is 0 Å². The largest absolute Gasteiger partial charge is 0.131 e. The van der Waals surface area contributed by atoms with E-state index in [1.54, 1.807) is 0 Å². The van der Waals surface area contributed by atoms with Crippen molar-refractivity contribution in [3.8, 4) is 0 Å². The van der Waals surface area contributed by atoms with Crippen molar-refractivity contribution in [3.63, 3.8) is 0 Å². The highest BCUT2D eigenvalue weighted by Gasteiger charge is 2.29. The predicted octanol–water partition coefficient (Wildman–Crippen LogP) is 3.14. The average molecular weight is 159 g/mol. The van der Waals surface area contributed by atoms with Crippen LogP contribution in [0.3, 0.4) is 0 Å². The van der Waals surface area contributed by atoms with Crippen LogP contribution >= 0.6 is 9.24 Å². The molecule has 0 fully saturated rings. The fourth-order valence-electron chi connectivity index (χ4n) is 1.24. The van der Waals surface area contributed by atoms with E-state index in [1.165, 1.54) is 0 Å². The molecule has 1 atom stereocenters. The zero-order chi connectivity index (χ0) is 8.36. The molecule has 0 aliphatic rings. The first-order valence-electron chi connectivity index (χ1n) is 4.03. The maximum Gasteiger partial charge on any atom is -0.0104 e. The lowest BCUT2D eigenvalue weighted by atomic mass is 9.82. The fraction of sp³-hybridized carbons (Fsp3) is 0.889. The minimum absolute atomic E-state index is 0.347. The summed E-state index contributed by atoms with van der Waals surface area (Å²) in [5.41, 5.74) is 0. The average Bonchev–Trinajstić information content (AvgIpc) is 1.85. The topological polar surface area (TPSA) is 0 Å². The van der Waals surface area contributed by atoms with E-state index >= 15 is 0 Å². The van der Waals surface area contributed by atoms with E-state index in [0.29, 0.717) is 17.0 Å². The van der Waals surface area contributed by atoms with Crippen molar-refractivity contribution in [1.82, 2.24) is 0 Å². The minimum atomic E-state index is 0.347. The summed E-state index contributed by atoms with van der Waals surface area (Å²) in [6, 6.07) is 0. The Labute approximate surface area is 68.0 Å². The molecule has 0 bridgehead atoms. The van der Waals surface area contributed by atoms with Gasteiger partial charge in [0.1, 0.15) is 0 Å². The molecule has 0 aliphatic carbocycles. The van der Waals surface area contributed by atoms with E-state index in [4.69, 9.17) is 0 Å². The molecule has 0 aromatic rings. The van der Waals surface area contributed by atoms with E-state index in [0.717, 1.165) is 6.42 Å². The minimum Gasteiger partial charge on any atom is -0.131 e. The smallest absolute Gasteiger partial charge is 0.0104 e. The molecule has 0 N–H and O–H groups in total. The highest BCUT2D eigenvalue weighted by atomic mass is 31.0. The molecule has 0 heterocycles. The molecule has 0 aliphatic heterocycles. The van der Waals surface area contributed by atoms with Crippen LogP contribution in [0.5, 0.6) is 0 Å². The quantitative estimate of drug-likeness (QED) is 0.555. The first kappa shape index (κ1) is 10.4. The van der Waals surface area contributed by atoms with E-state index in [1.807, 2.05) is 0 Å². The van der Waals surface area contributed by atoms with Crippen molar-refractivity contribution in [3.05, 3.63) is 6.92 Å². The summed E-state index contributed by atoms with van der Waals surface area (Å²) >= 11 is 0. The zero-order valence-corrected chi connectivity index (χ0v) is 8.80. The third kappa shape index (κ3) is 1.95. The summed E-state index contributed by atoms with van der Waals surface area (Å²) < 4.78 is 0. The van der Waals surface area contributed by atoms with Crippen molar-refractivity contribution in [1.29, 1.82) is 0 Å². The molecule has 1 heteroatoms. The Morgan fingerprint density at radius 2 is 1.50 bits per heavy atom. The predicted molar refractivity (Wildman–Crippen MR) is 52.1 cm³/mol. The number of rotatable bonds is 3. The molecular weight excluding hydrogens is 139 g/mol. The molecule has 0 saturated heterocycles. The maximum absolute atomic E-state index is 3.98. The fourth-order valence-corrected chi connectivity index (χ4v) is 1.24. The Morgan fingerprint density at radius 1 is 1.20 bits per heavy atom. The van der Waals surface area contributed by atoms with E-state index in [9.17, 15) is 0 Å². The molecule has 0 aromatic heterocycles. The molecule has 1 unspecified atom stereocenters. The van der Waals surface area contributed by atoms with Gasteiger partial charge in [-0.25, -0.2) is 0 Å². The molecule has 1 radical (unpaired) electrons. The molecular formula is C9H20P. The summed E-state index contributed by atoms with van der Waals surface area (Å²) in [6.07, 6.45) is 1.01.